The van der Waals surface area contributed by atoms with Crippen molar-refractivity contribution < 1.29 is 14.7 Å². The molecule has 0 aliphatic rings. The van der Waals surface area contributed by atoms with Gasteiger partial charge in [0.25, 0.3) is 5.91 Å². The SMILES string of the molecule is CCC[C@@H](NC(=O)c1ccc2nc[nH]c2c1)C(=O)O. The van der Waals surface area contributed by atoms with Crippen LogP contribution in [0.2, 0.25) is 0 Å². The van der Waals surface area contributed by atoms with Crippen LogP contribution >= 0.6 is 0 Å². The average Bonchev–Trinajstić information content (AvgIpc) is 2.85. The lowest BCUT2D eigenvalue weighted by atomic mass is 10.1. The molecule has 1 aromatic heterocycles. The largest absolute Gasteiger partial charge is 0.480 e. The molecule has 0 aliphatic carbocycles. The van der Waals surface area contributed by atoms with Crippen LogP contribution in [0.25, 0.3) is 11.0 Å². The molecule has 2 rings (SSSR count). The molecule has 1 atom stereocenters. The number of aromatic nitrogens is 2. The number of fused-ring (bicyclic) bond motifs is 1. The van der Waals surface area contributed by atoms with E-state index in [2.05, 4.69) is 15.3 Å². The highest BCUT2D eigenvalue weighted by molar-refractivity contribution is 5.99. The third kappa shape index (κ3) is 2.90. The zero-order valence-corrected chi connectivity index (χ0v) is 10.5. The number of carbonyl (C=O) groups is 2. The monoisotopic (exact) mass is 261 g/mol. The summed E-state index contributed by atoms with van der Waals surface area (Å²) >= 11 is 0. The van der Waals surface area contributed by atoms with Crippen LogP contribution in [0.1, 0.15) is 30.1 Å². The van der Waals surface area contributed by atoms with Crippen LogP contribution in [0.15, 0.2) is 24.5 Å². The van der Waals surface area contributed by atoms with Crippen molar-refractivity contribution in [3.05, 3.63) is 30.1 Å². The van der Waals surface area contributed by atoms with Crippen molar-refractivity contribution in [3.8, 4) is 0 Å². The van der Waals surface area contributed by atoms with Gasteiger partial charge < -0.3 is 15.4 Å². The van der Waals surface area contributed by atoms with Crippen LogP contribution in [0.3, 0.4) is 0 Å². The zero-order chi connectivity index (χ0) is 13.8. The Morgan fingerprint density at radius 1 is 1.47 bits per heavy atom. The molecule has 1 heterocycles. The maximum absolute atomic E-state index is 12.0. The average molecular weight is 261 g/mol. The number of hydrogen-bond donors (Lipinski definition) is 3. The number of rotatable bonds is 5. The number of benzene rings is 1. The number of hydrogen-bond acceptors (Lipinski definition) is 3. The Hall–Kier alpha value is -2.37. The molecule has 0 bridgehead atoms. The van der Waals surface area contributed by atoms with Gasteiger partial charge in [0.2, 0.25) is 0 Å². The molecule has 0 fully saturated rings. The summed E-state index contributed by atoms with van der Waals surface area (Å²) in [4.78, 5) is 30.0. The smallest absolute Gasteiger partial charge is 0.326 e. The van der Waals surface area contributed by atoms with E-state index in [0.717, 1.165) is 11.0 Å². The van der Waals surface area contributed by atoms with Gasteiger partial charge in [0.05, 0.1) is 17.4 Å². The number of amides is 1. The number of nitrogens with zero attached hydrogens (tertiary/aromatic N) is 1. The summed E-state index contributed by atoms with van der Waals surface area (Å²) in [5, 5.41) is 11.5. The molecule has 0 unspecified atom stereocenters. The summed E-state index contributed by atoms with van der Waals surface area (Å²) in [5.74, 6) is -1.41. The molecular formula is C13H15N3O3. The lowest BCUT2D eigenvalue weighted by molar-refractivity contribution is -0.139. The lowest BCUT2D eigenvalue weighted by Gasteiger charge is -2.13. The van der Waals surface area contributed by atoms with Gasteiger partial charge in [-0.05, 0) is 24.6 Å². The standard InChI is InChI=1S/C13H15N3O3/c1-2-3-10(13(18)19)16-12(17)8-4-5-9-11(6-8)15-7-14-9/h4-7,10H,2-3H2,1H3,(H,14,15)(H,16,17)(H,18,19)/t10-/m1/s1. The zero-order valence-electron chi connectivity index (χ0n) is 10.5. The molecule has 0 radical (unpaired) electrons. The first kappa shape index (κ1) is 13.1. The van der Waals surface area contributed by atoms with Crippen molar-refractivity contribution in [2.45, 2.75) is 25.8 Å². The fourth-order valence-electron chi connectivity index (χ4n) is 1.86. The molecule has 1 aromatic carbocycles. The molecule has 1 amide bonds. The number of imidazole rings is 1. The number of carboxylic acids is 1. The molecule has 0 aliphatic heterocycles. The van der Waals surface area contributed by atoms with E-state index in [1.807, 2.05) is 6.92 Å². The van der Waals surface area contributed by atoms with Gasteiger partial charge in [-0.2, -0.15) is 0 Å². The first-order valence-corrected chi connectivity index (χ1v) is 6.08. The summed E-state index contributed by atoms with van der Waals surface area (Å²) in [6, 6.07) is 4.15. The van der Waals surface area contributed by atoms with Gasteiger partial charge in [-0.15, -0.1) is 0 Å². The van der Waals surface area contributed by atoms with Gasteiger partial charge in [0.15, 0.2) is 0 Å². The minimum Gasteiger partial charge on any atom is -0.480 e. The van der Waals surface area contributed by atoms with E-state index in [9.17, 15) is 9.59 Å². The number of nitrogens with one attached hydrogen (secondary N) is 2. The van der Waals surface area contributed by atoms with Gasteiger partial charge >= 0.3 is 5.97 Å². The molecule has 6 heteroatoms. The fourth-order valence-corrected chi connectivity index (χ4v) is 1.86. The molecule has 100 valence electrons. The predicted molar refractivity (Wildman–Crippen MR) is 69.9 cm³/mol. The summed E-state index contributed by atoms with van der Waals surface area (Å²) in [5.41, 5.74) is 1.93. The molecule has 3 N–H and O–H groups in total. The Kier molecular flexibility index (Phi) is 3.79. The van der Waals surface area contributed by atoms with Crippen molar-refractivity contribution in [1.82, 2.24) is 15.3 Å². The Bertz CT molecular complexity index is 606. The second kappa shape index (κ2) is 5.51. The lowest BCUT2D eigenvalue weighted by Crippen LogP contribution is -2.40. The molecule has 0 spiro atoms. The number of H-pyrrole nitrogens is 1. The number of aromatic amines is 1. The van der Waals surface area contributed by atoms with Crippen LogP contribution in [0, 0.1) is 0 Å². The maximum atomic E-state index is 12.0. The highest BCUT2D eigenvalue weighted by Gasteiger charge is 2.19. The Labute approximate surface area is 109 Å². The molecule has 6 nitrogen and oxygen atoms in total. The summed E-state index contributed by atoms with van der Waals surface area (Å²) in [6.45, 7) is 1.87. The van der Waals surface area contributed by atoms with Crippen LogP contribution in [0.4, 0.5) is 0 Å². The first-order valence-electron chi connectivity index (χ1n) is 6.08. The third-order valence-corrected chi connectivity index (χ3v) is 2.86. The summed E-state index contributed by atoms with van der Waals surface area (Å²) in [7, 11) is 0. The van der Waals surface area contributed by atoms with E-state index in [1.54, 1.807) is 24.5 Å². The highest BCUT2D eigenvalue weighted by Crippen LogP contribution is 2.12. The third-order valence-electron chi connectivity index (χ3n) is 2.86. The van der Waals surface area contributed by atoms with E-state index in [1.165, 1.54) is 0 Å². The number of aliphatic carboxylic acids is 1. The van der Waals surface area contributed by atoms with Gasteiger partial charge in [-0.25, -0.2) is 9.78 Å². The molecular weight excluding hydrogens is 246 g/mol. The number of carbonyl (C=O) groups excluding carboxylic acids is 1. The van der Waals surface area contributed by atoms with Crippen molar-refractivity contribution in [3.63, 3.8) is 0 Å². The van der Waals surface area contributed by atoms with Gasteiger partial charge in [-0.3, -0.25) is 4.79 Å². The van der Waals surface area contributed by atoms with Crippen molar-refractivity contribution in [2.75, 3.05) is 0 Å². The Morgan fingerprint density at radius 2 is 2.26 bits per heavy atom. The second-order valence-corrected chi connectivity index (χ2v) is 4.29. The first-order chi connectivity index (χ1) is 9.11. The van der Waals surface area contributed by atoms with E-state index in [0.29, 0.717) is 18.4 Å². The summed E-state index contributed by atoms with van der Waals surface area (Å²) < 4.78 is 0. The van der Waals surface area contributed by atoms with Gasteiger partial charge in [-0.1, -0.05) is 13.3 Å². The maximum Gasteiger partial charge on any atom is 0.326 e. The van der Waals surface area contributed by atoms with Crippen LogP contribution in [-0.2, 0) is 4.79 Å². The van der Waals surface area contributed by atoms with Gasteiger partial charge in [0.1, 0.15) is 6.04 Å². The van der Waals surface area contributed by atoms with Gasteiger partial charge in [0, 0.05) is 5.56 Å². The summed E-state index contributed by atoms with van der Waals surface area (Å²) in [6.07, 6.45) is 2.65. The van der Waals surface area contributed by atoms with E-state index in [-0.39, 0.29) is 0 Å². The van der Waals surface area contributed by atoms with E-state index in [4.69, 9.17) is 5.11 Å². The molecule has 0 saturated carbocycles. The normalized spacial score (nSPS) is 12.3. The van der Waals surface area contributed by atoms with Crippen LogP contribution in [-0.4, -0.2) is 33.0 Å². The van der Waals surface area contributed by atoms with Crippen molar-refractivity contribution >= 4 is 22.9 Å². The molecule has 19 heavy (non-hydrogen) atoms. The predicted octanol–water partition coefficient (Wildman–Crippen LogP) is 1.55. The highest BCUT2D eigenvalue weighted by atomic mass is 16.4. The molecule has 2 aromatic rings. The second-order valence-electron chi connectivity index (χ2n) is 4.29. The fraction of sp³-hybridized carbons (Fsp3) is 0.308. The Balaban J connectivity index is 2.16. The van der Waals surface area contributed by atoms with Crippen LogP contribution < -0.4 is 5.32 Å². The minimum absolute atomic E-state index is 0.391. The van der Waals surface area contributed by atoms with Crippen molar-refractivity contribution in [2.24, 2.45) is 0 Å². The van der Waals surface area contributed by atoms with E-state index >= 15 is 0 Å². The van der Waals surface area contributed by atoms with E-state index < -0.39 is 17.9 Å². The van der Waals surface area contributed by atoms with Crippen LogP contribution in [0.5, 0.6) is 0 Å². The quantitative estimate of drug-likeness (QED) is 0.760. The molecule has 0 saturated heterocycles. The number of carboxylic acid groups (broad SMARTS) is 1. The topological polar surface area (TPSA) is 95.1 Å². The minimum atomic E-state index is -1.02. The van der Waals surface area contributed by atoms with Crippen molar-refractivity contribution in [1.29, 1.82) is 0 Å². The Morgan fingerprint density at radius 3 is 2.95 bits per heavy atom.